The van der Waals surface area contributed by atoms with Crippen LogP contribution in [0.15, 0.2) is 30.3 Å². The fourth-order valence-electron chi connectivity index (χ4n) is 0.589. The lowest BCUT2D eigenvalue weighted by Gasteiger charge is -2.00. The van der Waals surface area contributed by atoms with Gasteiger partial charge in [0.25, 0.3) is 0 Å². The molecule has 1 aromatic carbocycles. The number of hydrogen-bond acceptors (Lipinski definition) is 3. The molecule has 0 aliphatic heterocycles. The van der Waals surface area contributed by atoms with Crippen molar-refractivity contribution in [2.75, 3.05) is 0 Å². The monoisotopic (exact) mass is 247 g/mol. The van der Waals surface area contributed by atoms with Gasteiger partial charge in [0, 0.05) is 14.8 Å². The molecule has 1 radical (unpaired) electrons. The molecule has 0 fully saturated rings. The Kier molecular flexibility index (Phi) is 4.98. The molecule has 11 heavy (non-hydrogen) atoms. The van der Waals surface area contributed by atoms with Gasteiger partial charge in [-0.05, 0) is 21.4 Å². The van der Waals surface area contributed by atoms with Gasteiger partial charge in [0.2, 0.25) is 0 Å². The minimum absolute atomic E-state index is 0.863. The average molecular weight is 248 g/mol. The average Bonchev–Trinajstić information content (AvgIpc) is 2.07. The van der Waals surface area contributed by atoms with E-state index in [1.54, 1.807) is 6.76 Å². The van der Waals surface area contributed by atoms with Crippen LogP contribution in [-0.2, 0) is 0 Å². The molecular formula is C6H5BBrOS2. The highest BCUT2D eigenvalue weighted by Crippen LogP contribution is 2.26. The zero-order valence-electron chi connectivity index (χ0n) is 5.57. The molecular weight excluding hydrogens is 243 g/mol. The predicted molar refractivity (Wildman–Crippen MR) is 56.9 cm³/mol. The fraction of sp³-hybridized carbons (Fsp3) is 0. The maximum absolute atomic E-state index is 5.23. The first-order valence-electron chi connectivity index (χ1n) is 2.91. The molecule has 0 aliphatic carbocycles. The number of hydrogen-bond donors (Lipinski definition) is 0. The third kappa shape index (κ3) is 3.98. The zero-order chi connectivity index (χ0) is 7.94. The van der Waals surface area contributed by atoms with E-state index in [9.17, 15) is 0 Å². The van der Waals surface area contributed by atoms with Crippen LogP contribution in [0, 0.1) is 0 Å². The number of benzene rings is 1. The molecule has 0 bridgehead atoms. The van der Waals surface area contributed by atoms with Crippen LogP contribution in [0.5, 0.6) is 5.75 Å². The summed E-state index contributed by atoms with van der Waals surface area (Å²) < 4.78 is 5.23. The maximum atomic E-state index is 5.23. The van der Waals surface area contributed by atoms with Crippen LogP contribution in [0.2, 0.25) is 0 Å². The van der Waals surface area contributed by atoms with Gasteiger partial charge in [-0.25, -0.2) is 0 Å². The van der Waals surface area contributed by atoms with E-state index in [0.29, 0.717) is 0 Å². The summed E-state index contributed by atoms with van der Waals surface area (Å²) in [5, 5.41) is 0. The normalized spacial score (nSPS) is 9.18. The van der Waals surface area contributed by atoms with Crippen LogP contribution in [0.1, 0.15) is 0 Å². The second-order valence-electron chi connectivity index (χ2n) is 1.69. The number of para-hydroxylation sites is 1. The Morgan fingerprint density at radius 2 is 2.00 bits per heavy atom. The summed E-state index contributed by atoms with van der Waals surface area (Å²) >= 11 is 3.19. The maximum Gasteiger partial charge on any atom is 0.463 e. The number of rotatable bonds is 4. The Labute approximate surface area is 82.1 Å². The Hall–Kier alpha value is 0.265. The van der Waals surface area contributed by atoms with E-state index in [4.69, 9.17) is 4.65 Å². The summed E-state index contributed by atoms with van der Waals surface area (Å²) in [6.45, 7) is 1.68. The molecule has 0 saturated carbocycles. The van der Waals surface area contributed by atoms with Crippen LogP contribution < -0.4 is 4.65 Å². The Bertz CT molecular complexity index is 197. The van der Waals surface area contributed by atoms with Crippen molar-refractivity contribution in [3.63, 3.8) is 0 Å². The van der Waals surface area contributed by atoms with Crippen molar-refractivity contribution >= 4 is 41.4 Å². The van der Waals surface area contributed by atoms with Gasteiger partial charge in [0.15, 0.2) is 0 Å². The van der Waals surface area contributed by atoms with Crippen LogP contribution in [0.25, 0.3) is 0 Å². The highest BCUT2D eigenvalue weighted by Gasteiger charge is 1.94. The quantitative estimate of drug-likeness (QED) is 0.459. The molecule has 57 valence electrons. The van der Waals surface area contributed by atoms with E-state index in [1.165, 1.54) is 19.9 Å². The summed E-state index contributed by atoms with van der Waals surface area (Å²) in [7, 11) is 2.96. The molecule has 0 saturated heterocycles. The molecule has 0 aliphatic rings. The molecule has 1 rings (SSSR count). The minimum atomic E-state index is 0.863. The van der Waals surface area contributed by atoms with Crippen molar-refractivity contribution < 1.29 is 4.65 Å². The van der Waals surface area contributed by atoms with Crippen LogP contribution in [0.4, 0.5) is 0 Å². The van der Waals surface area contributed by atoms with E-state index in [1.807, 2.05) is 30.3 Å². The van der Waals surface area contributed by atoms with Crippen molar-refractivity contribution in [3.8, 4) is 5.75 Å². The summed E-state index contributed by atoms with van der Waals surface area (Å²) in [6, 6.07) is 9.66. The first-order valence-corrected chi connectivity index (χ1v) is 6.96. The molecule has 0 aromatic heterocycles. The topological polar surface area (TPSA) is 9.23 Å². The Morgan fingerprint density at radius 3 is 2.64 bits per heavy atom. The van der Waals surface area contributed by atoms with Gasteiger partial charge < -0.3 is 4.65 Å². The van der Waals surface area contributed by atoms with Gasteiger partial charge in [-0.2, -0.15) is 0 Å². The van der Waals surface area contributed by atoms with Crippen LogP contribution in [-0.4, -0.2) is 6.76 Å². The SMILES string of the molecule is BrSS[B]Oc1ccccc1. The molecule has 1 aromatic rings. The van der Waals surface area contributed by atoms with Crippen molar-refractivity contribution in [1.82, 2.24) is 0 Å². The van der Waals surface area contributed by atoms with E-state index >= 15 is 0 Å². The van der Waals surface area contributed by atoms with Gasteiger partial charge >= 0.3 is 6.76 Å². The van der Waals surface area contributed by atoms with Crippen molar-refractivity contribution in [2.45, 2.75) is 0 Å². The van der Waals surface area contributed by atoms with Crippen molar-refractivity contribution in [2.24, 2.45) is 0 Å². The first-order chi connectivity index (χ1) is 5.43. The highest BCUT2D eigenvalue weighted by atomic mass is 79.9. The molecule has 0 spiro atoms. The van der Waals surface area contributed by atoms with E-state index < -0.39 is 0 Å². The fourth-order valence-corrected chi connectivity index (χ4v) is 1.54. The summed E-state index contributed by atoms with van der Waals surface area (Å²) in [5.41, 5.74) is 0. The number of halogens is 1. The minimum Gasteiger partial charge on any atom is -0.552 e. The second kappa shape index (κ2) is 5.86. The summed E-state index contributed by atoms with van der Waals surface area (Å²) in [5.74, 6) is 0.863. The van der Waals surface area contributed by atoms with Gasteiger partial charge in [0.05, 0.1) is 5.75 Å². The van der Waals surface area contributed by atoms with E-state index in [2.05, 4.69) is 14.8 Å². The van der Waals surface area contributed by atoms with Gasteiger partial charge in [0.1, 0.15) is 0 Å². The van der Waals surface area contributed by atoms with E-state index in [-0.39, 0.29) is 0 Å². The van der Waals surface area contributed by atoms with E-state index in [0.717, 1.165) is 5.75 Å². The smallest absolute Gasteiger partial charge is 0.463 e. The lowest BCUT2D eigenvalue weighted by molar-refractivity contribution is 0.611. The summed E-state index contributed by atoms with van der Waals surface area (Å²) in [6.07, 6.45) is 0. The van der Waals surface area contributed by atoms with Gasteiger partial charge in [-0.3, -0.25) is 0 Å². The lowest BCUT2D eigenvalue weighted by Crippen LogP contribution is -1.94. The van der Waals surface area contributed by atoms with Crippen LogP contribution in [0.3, 0.4) is 0 Å². The Balaban J connectivity index is 2.28. The molecule has 0 unspecified atom stereocenters. The Morgan fingerprint density at radius 1 is 1.27 bits per heavy atom. The van der Waals surface area contributed by atoms with Crippen LogP contribution >= 0.6 is 34.7 Å². The predicted octanol–water partition coefficient (Wildman–Crippen LogP) is 3.29. The van der Waals surface area contributed by atoms with Crippen molar-refractivity contribution in [1.29, 1.82) is 0 Å². The molecule has 5 heteroatoms. The third-order valence-corrected chi connectivity index (χ3v) is 3.08. The highest BCUT2D eigenvalue weighted by molar-refractivity contribution is 9.62. The second-order valence-corrected chi connectivity index (χ2v) is 5.53. The molecule has 0 amide bonds. The molecule has 0 N–H and O–H groups in total. The summed E-state index contributed by atoms with van der Waals surface area (Å²) in [4.78, 5) is 0. The van der Waals surface area contributed by atoms with Crippen molar-refractivity contribution in [3.05, 3.63) is 30.3 Å². The molecule has 1 nitrogen and oxygen atoms in total. The standard InChI is InChI=1S/C6H5BBrOS2/c8-11-10-7-9-6-4-2-1-3-5-6/h1-5H. The third-order valence-electron chi connectivity index (χ3n) is 1.00. The lowest BCUT2D eigenvalue weighted by atomic mass is 10.3. The first kappa shape index (κ1) is 9.35. The zero-order valence-corrected chi connectivity index (χ0v) is 8.79. The molecule has 0 atom stereocenters. The largest absolute Gasteiger partial charge is 0.552 e. The van der Waals surface area contributed by atoms with Gasteiger partial charge in [-0.15, -0.1) is 0 Å². The van der Waals surface area contributed by atoms with Gasteiger partial charge in [-0.1, -0.05) is 28.8 Å². The molecule has 0 heterocycles.